The Morgan fingerprint density at radius 1 is 1.19 bits per heavy atom. The van der Waals surface area contributed by atoms with Gasteiger partial charge in [-0.05, 0) is 63.8 Å². The molecule has 11 heteroatoms. The van der Waals surface area contributed by atoms with Crippen LogP contribution in [0.5, 0.6) is 0 Å². The number of aromatic nitrogens is 3. The van der Waals surface area contributed by atoms with Crippen LogP contribution in [0.2, 0.25) is 0 Å². The Morgan fingerprint density at radius 2 is 1.97 bits per heavy atom. The van der Waals surface area contributed by atoms with E-state index in [1.54, 1.807) is 0 Å². The van der Waals surface area contributed by atoms with E-state index in [4.69, 9.17) is 14.7 Å². The molecule has 2 N–H and O–H groups in total. The first-order valence-corrected chi connectivity index (χ1v) is 14.7. The van der Waals surface area contributed by atoms with Crippen LogP contribution in [-0.2, 0) is 20.3 Å². The number of thiazole rings is 1. The molecule has 3 aliphatic rings. The van der Waals surface area contributed by atoms with Crippen molar-refractivity contribution >= 4 is 39.7 Å². The molecule has 2 aliphatic carbocycles. The molecule has 2 amide bonds. The molecule has 2 unspecified atom stereocenters. The average Bonchev–Trinajstić information content (AvgIpc) is 3.83. The summed E-state index contributed by atoms with van der Waals surface area (Å²) in [6, 6.07) is 9.84. The molecule has 1 saturated heterocycles. The van der Waals surface area contributed by atoms with Crippen molar-refractivity contribution in [2.24, 2.45) is 0 Å². The number of anilines is 2. The molecular formula is C26H30N6O3S2. The number of amides is 2. The number of urea groups is 1. The third kappa shape index (κ3) is 5.12. The second-order valence-corrected chi connectivity index (χ2v) is 12.8. The maximum Gasteiger partial charge on any atom is 0.319 e. The molecule has 2 saturated carbocycles. The smallest absolute Gasteiger partial charge is 0.319 e. The Bertz CT molecular complexity index is 1340. The van der Waals surface area contributed by atoms with E-state index in [9.17, 15) is 9.00 Å². The second-order valence-electron chi connectivity index (χ2n) is 10.0. The van der Waals surface area contributed by atoms with E-state index in [1.807, 2.05) is 42.6 Å². The van der Waals surface area contributed by atoms with E-state index in [-0.39, 0.29) is 12.1 Å². The lowest BCUT2D eigenvalue weighted by Crippen LogP contribution is -2.44. The largest absolute Gasteiger partial charge is 0.377 e. The van der Waals surface area contributed by atoms with Crippen molar-refractivity contribution in [3.05, 3.63) is 47.1 Å². The summed E-state index contributed by atoms with van der Waals surface area (Å²) in [7, 11) is -1.29. The predicted octanol–water partition coefficient (Wildman–Crippen LogP) is 4.21. The first-order valence-electron chi connectivity index (χ1n) is 12.7. The number of carbonyl (C=O) groups excluding carboxylic acids is 1. The van der Waals surface area contributed by atoms with Crippen LogP contribution in [0.1, 0.15) is 44.0 Å². The van der Waals surface area contributed by atoms with E-state index >= 15 is 0 Å². The number of hydrogen-bond donors (Lipinski definition) is 2. The zero-order chi connectivity index (χ0) is 25.6. The summed E-state index contributed by atoms with van der Waals surface area (Å²) in [5, 5.41) is 7.75. The van der Waals surface area contributed by atoms with Crippen LogP contribution >= 0.6 is 11.3 Å². The first kappa shape index (κ1) is 24.4. The van der Waals surface area contributed by atoms with Gasteiger partial charge >= 0.3 is 6.03 Å². The molecule has 194 valence electrons. The number of rotatable bonds is 7. The highest BCUT2D eigenvalue weighted by molar-refractivity contribution is 7.88. The van der Waals surface area contributed by atoms with Crippen LogP contribution in [0.4, 0.5) is 16.3 Å². The van der Waals surface area contributed by atoms with Gasteiger partial charge in [0.1, 0.15) is 5.82 Å². The van der Waals surface area contributed by atoms with E-state index in [1.165, 1.54) is 11.3 Å². The number of hydrogen-bond acceptors (Lipinski definition) is 8. The Morgan fingerprint density at radius 3 is 2.62 bits per heavy atom. The van der Waals surface area contributed by atoms with Gasteiger partial charge in [-0.15, -0.1) is 11.3 Å². The van der Waals surface area contributed by atoms with Crippen molar-refractivity contribution in [1.82, 2.24) is 20.3 Å². The summed E-state index contributed by atoms with van der Waals surface area (Å²) in [5.41, 5.74) is 3.22. The SMILES string of the molecule is Cc1csc(S(=O)C2(c3cc(N4CCOCC4C)nc(-c4ccc(NC(=O)NC5CC5)cc4)n3)CC2)n1. The van der Waals surface area contributed by atoms with Crippen LogP contribution in [-0.4, -0.2) is 57.0 Å². The zero-order valence-electron chi connectivity index (χ0n) is 20.9. The number of ether oxygens (including phenoxy) is 1. The monoisotopic (exact) mass is 538 g/mol. The van der Waals surface area contributed by atoms with E-state index < -0.39 is 15.5 Å². The molecule has 2 atom stereocenters. The minimum Gasteiger partial charge on any atom is -0.377 e. The van der Waals surface area contributed by atoms with Crippen molar-refractivity contribution in [3.63, 3.8) is 0 Å². The van der Waals surface area contributed by atoms with Gasteiger partial charge in [0.2, 0.25) is 0 Å². The fraction of sp³-hybridized carbons (Fsp3) is 0.462. The Balaban J connectivity index is 1.34. The van der Waals surface area contributed by atoms with Gasteiger partial charge in [-0.1, -0.05) is 0 Å². The normalized spacial score (nSPS) is 21.4. The molecule has 3 aromatic rings. The summed E-state index contributed by atoms with van der Waals surface area (Å²) < 4.78 is 19.4. The van der Waals surface area contributed by atoms with Crippen LogP contribution in [0, 0.1) is 6.92 Å². The van der Waals surface area contributed by atoms with Gasteiger partial charge in [-0.3, -0.25) is 4.21 Å². The topological polar surface area (TPSA) is 109 Å². The van der Waals surface area contributed by atoms with E-state index in [2.05, 4.69) is 27.4 Å². The van der Waals surface area contributed by atoms with Gasteiger partial charge in [0, 0.05) is 41.0 Å². The quantitative estimate of drug-likeness (QED) is 0.464. The van der Waals surface area contributed by atoms with Crippen molar-refractivity contribution < 1.29 is 13.7 Å². The van der Waals surface area contributed by atoms with Gasteiger partial charge in [0.25, 0.3) is 0 Å². The molecule has 6 rings (SSSR count). The van der Waals surface area contributed by atoms with Crippen LogP contribution in [0.3, 0.4) is 0 Å². The second kappa shape index (κ2) is 9.77. The first-order chi connectivity index (χ1) is 17.9. The number of nitrogens with zero attached hydrogens (tertiary/aromatic N) is 4. The molecule has 0 bridgehead atoms. The highest BCUT2D eigenvalue weighted by Gasteiger charge is 2.53. The molecule has 0 spiro atoms. The van der Waals surface area contributed by atoms with Crippen LogP contribution < -0.4 is 15.5 Å². The lowest BCUT2D eigenvalue weighted by atomic mass is 10.1. The third-order valence-corrected chi connectivity index (χ3v) is 10.2. The molecule has 0 radical (unpaired) electrons. The van der Waals surface area contributed by atoms with Gasteiger partial charge in [-0.2, -0.15) is 0 Å². The number of carbonyl (C=O) groups is 1. The summed E-state index contributed by atoms with van der Waals surface area (Å²) in [5.74, 6) is 1.40. The standard InChI is InChI=1S/C26H30N6O3S2/c1-16-15-36-25(27-16)37(34)26(9-10-26)21-13-22(32-11-12-35-14-17(32)2)31-23(30-21)18-3-5-19(6-4-18)28-24(33)29-20-7-8-20/h3-6,13,15,17,20H,7-12,14H2,1-2H3,(H2,28,29,33). The number of aryl methyl sites for hydroxylation is 1. The number of nitrogens with one attached hydrogen (secondary N) is 2. The van der Waals surface area contributed by atoms with Crippen LogP contribution in [0.15, 0.2) is 40.1 Å². The predicted molar refractivity (Wildman–Crippen MR) is 144 cm³/mol. The third-order valence-electron chi connectivity index (χ3n) is 6.97. The van der Waals surface area contributed by atoms with Gasteiger partial charge in [0.15, 0.2) is 10.2 Å². The van der Waals surface area contributed by atoms with E-state index in [0.717, 1.165) is 55.0 Å². The summed E-state index contributed by atoms with van der Waals surface area (Å²) in [4.78, 5) is 28.8. The maximum atomic E-state index is 13.7. The fourth-order valence-corrected chi connectivity index (χ4v) is 7.35. The number of benzene rings is 1. The highest BCUT2D eigenvalue weighted by atomic mass is 32.2. The minimum atomic E-state index is -1.29. The fourth-order valence-electron chi connectivity index (χ4n) is 4.53. The molecule has 1 aliphatic heterocycles. The van der Waals surface area contributed by atoms with Crippen molar-refractivity contribution in [3.8, 4) is 11.4 Å². The Labute approximate surface area is 222 Å². The van der Waals surface area contributed by atoms with E-state index in [0.29, 0.717) is 35.1 Å². The van der Waals surface area contributed by atoms with Crippen molar-refractivity contribution in [1.29, 1.82) is 0 Å². The molecule has 3 heterocycles. The molecule has 9 nitrogen and oxygen atoms in total. The Hall–Kier alpha value is -2.89. The van der Waals surface area contributed by atoms with Gasteiger partial charge in [-0.25, -0.2) is 19.7 Å². The zero-order valence-corrected chi connectivity index (χ0v) is 22.5. The van der Waals surface area contributed by atoms with Crippen LogP contribution in [0.25, 0.3) is 11.4 Å². The summed E-state index contributed by atoms with van der Waals surface area (Å²) in [6.07, 6.45) is 3.68. The lowest BCUT2D eigenvalue weighted by molar-refractivity contribution is 0.0985. The molecule has 1 aromatic carbocycles. The Kier molecular flexibility index (Phi) is 6.46. The van der Waals surface area contributed by atoms with Crippen molar-refractivity contribution in [2.75, 3.05) is 30.0 Å². The summed E-state index contributed by atoms with van der Waals surface area (Å²) in [6.45, 7) is 6.05. The van der Waals surface area contributed by atoms with Gasteiger partial charge < -0.3 is 20.3 Å². The average molecular weight is 539 g/mol. The molecular weight excluding hydrogens is 508 g/mol. The minimum absolute atomic E-state index is 0.170. The molecule has 3 fully saturated rings. The molecule has 2 aromatic heterocycles. The van der Waals surface area contributed by atoms with Crippen molar-refractivity contribution in [2.45, 2.75) is 60.7 Å². The number of morpholine rings is 1. The molecule has 37 heavy (non-hydrogen) atoms. The lowest BCUT2D eigenvalue weighted by Gasteiger charge is -2.34. The summed E-state index contributed by atoms with van der Waals surface area (Å²) >= 11 is 1.44. The van der Waals surface area contributed by atoms with Gasteiger partial charge in [0.05, 0.1) is 40.5 Å². The maximum absolute atomic E-state index is 13.7. The highest BCUT2D eigenvalue weighted by Crippen LogP contribution is 2.53.